The van der Waals surface area contributed by atoms with E-state index in [1.165, 1.54) is 0 Å². The van der Waals surface area contributed by atoms with E-state index in [2.05, 4.69) is 6.58 Å². The third kappa shape index (κ3) is 4.69. The molecule has 0 fully saturated rings. The number of hydrogen-bond donors (Lipinski definition) is 1. The summed E-state index contributed by atoms with van der Waals surface area (Å²) in [5.74, 6) is 0.417. The molecule has 4 nitrogen and oxygen atoms in total. The van der Waals surface area contributed by atoms with Crippen molar-refractivity contribution < 1.29 is 14.1 Å². The molecule has 3 aromatic rings. The number of fused-ring (bicyclic) bond motifs is 1. The summed E-state index contributed by atoms with van der Waals surface area (Å²) in [5, 5.41) is 2.03. The number of hydrogen-bond acceptors (Lipinski definition) is 4. The van der Waals surface area contributed by atoms with Crippen LogP contribution in [-0.4, -0.2) is 12.6 Å². The second-order valence-electron chi connectivity index (χ2n) is 5.76. The SMILES string of the molecule is C=CCOC(=O)c1ccc2ccc(CP(N)Oc3ccccc3)cc2c1. The lowest BCUT2D eigenvalue weighted by Crippen LogP contribution is -2.04. The molecule has 5 heteroatoms. The van der Waals surface area contributed by atoms with Gasteiger partial charge in [-0.3, -0.25) is 5.50 Å². The van der Waals surface area contributed by atoms with Crippen molar-refractivity contribution in [3.05, 3.63) is 90.5 Å². The fourth-order valence-corrected chi connectivity index (χ4v) is 3.58. The topological polar surface area (TPSA) is 61.5 Å². The number of benzene rings is 3. The van der Waals surface area contributed by atoms with E-state index in [4.69, 9.17) is 14.8 Å². The van der Waals surface area contributed by atoms with Crippen LogP contribution in [0.4, 0.5) is 0 Å². The summed E-state index contributed by atoms with van der Waals surface area (Å²) in [7, 11) is -1.12. The molecule has 132 valence electrons. The van der Waals surface area contributed by atoms with Crippen molar-refractivity contribution in [2.45, 2.75) is 6.16 Å². The van der Waals surface area contributed by atoms with Crippen LogP contribution >= 0.6 is 8.30 Å². The zero-order chi connectivity index (χ0) is 18.4. The number of para-hydroxylation sites is 1. The van der Waals surface area contributed by atoms with Crippen molar-refractivity contribution in [1.29, 1.82) is 0 Å². The van der Waals surface area contributed by atoms with Gasteiger partial charge in [0.2, 0.25) is 0 Å². The first-order valence-corrected chi connectivity index (χ1v) is 9.73. The summed E-state index contributed by atoms with van der Waals surface area (Å²) in [5.41, 5.74) is 7.76. The van der Waals surface area contributed by atoms with Crippen LogP contribution in [0.2, 0.25) is 0 Å². The van der Waals surface area contributed by atoms with Crippen LogP contribution in [0.15, 0.2) is 79.4 Å². The minimum Gasteiger partial charge on any atom is -0.458 e. The quantitative estimate of drug-likeness (QED) is 0.362. The van der Waals surface area contributed by atoms with Gasteiger partial charge in [-0.2, -0.15) is 0 Å². The van der Waals surface area contributed by atoms with Crippen molar-refractivity contribution in [3.63, 3.8) is 0 Å². The molecule has 0 saturated carbocycles. The summed E-state index contributed by atoms with van der Waals surface area (Å²) in [6, 6.07) is 21.2. The fraction of sp³-hybridized carbons (Fsp3) is 0.0952. The highest BCUT2D eigenvalue weighted by Gasteiger charge is 2.10. The van der Waals surface area contributed by atoms with Crippen LogP contribution in [0, 0.1) is 0 Å². The van der Waals surface area contributed by atoms with E-state index in [1.807, 2.05) is 60.7 Å². The Morgan fingerprint density at radius 3 is 2.58 bits per heavy atom. The maximum Gasteiger partial charge on any atom is 0.338 e. The maximum atomic E-state index is 12.0. The normalized spacial score (nSPS) is 11.7. The average molecular weight is 365 g/mol. The van der Waals surface area contributed by atoms with E-state index in [9.17, 15) is 4.79 Å². The van der Waals surface area contributed by atoms with Crippen LogP contribution in [0.25, 0.3) is 10.8 Å². The Hall–Kier alpha value is -2.68. The van der Waals surface area contributed by atoms with Crippen molar-refractivity contribution in [1.82, 2.24) is 0 Å². The number of nitrogens with two attached hydrogens (primary N) is 1. The lowest BCUT2D eigenvalue weighted by molar-refractivity contribution is 0.0550. The summed E-state index contributed by atoms with van der Waals surface area (Å²) < 4.78 is 10.9. The van der Waals surface area contributed by atoms with E-state index in [1.54, 1.807) is 12.1 Å². The predicted molar refractivity (Wildman–Crippen MR) is 106 cm³/mol. The molecule has 1 atom stereocenters. The molecule has 0 aliphatic rings. The molecular weight excluding hydrogens is 345 g/mol. The summed E-state index contributed by atoms with van der Waals surface area (Å²) in [4.78, 5) is 12.0. The highest BCUT2D eigenvalue weighted by molar-refractivity contribution is 7.49. The van der Waals surface area contributed by atoms with Gasteiger partial charge in [-0.1, -0.05) is 55.1 Å². The van der Waals surface area contributed by atoms with E-state index >= 15 is 0 Å². The molecule has 0 heterocycles. The van der Waals surface area contributed by atoms with Crippen LogP contribution in [0.3, 0.4) is 0 Å². The van der Waals surface area contributed by atoms with Gasteiger partial charge in [0.1, 0.15) is 12.4 Å². The Morgan fingerprint density at radius 2 is 1.81 bits per heavy atom. The monoisotopic (exact) mass is 365 g/mol. The van der Waals surface area contributed by atoms with E-state index in [0.29, 0.717) is 11.7 Å². The Morgan fingerprint density at radius 1 is 1.04 bits per heavy atom. The Balaban J connectivity index is 1.74. The first kappa shape index (κ1) is 18.1. The highest BCUT2D eigenvalue weighted by atomic mass is 31.2. The predicted octanol–water partition coefficient (Wildman–Crippen LogP) is 5.03. The Kier molecular flexibility index (Phi) is 6.00. The third-order valence-corrected chi connectivity index (χ3v) is 4.90. The van der Waals surface area contributed by atoms with Crippen LogP contribution < -0.4 is 10.0 Å². The molecule has 0 spiro atoms. The third-order valence-electron chi connectivity index (χ3n) is 3.78. The average Bonchev–Trinajstić information content (AvgIpc) is 2.66. The zero-order valence-electron chi connectivity index (χ0n) is 14.3. The van der Waals surface area contributed by atoms with Crippen molar-refractivity contribution in [2.24, 2.45) is 5.50 Å². The van der Waals surface area contributed by atoms with Gasteiger partial charge in [0.15, 0.2) is 8.30 Å². The van der Waals surface area contributed by atoms with E-state index in [0.717, 1.165) is 22.1 Å². The molecule has 26 heavy (non-hydrogen) atoms. The van der Waals surface area contributed by atoms with E-state index < -0.39 is 8.30 Å². The molecule has 1 unspecified atom stereocenters. The summed E-state index contributed by atoms with van der Waals surface area (Å²) >= 11 is 0. The summed E-state index contributed by atoms with van der Waals surface area (Å²) in [6.07, 6.45) is 2.18. The van der Waals surface area contributed by atoms with Crippen molar-refractivity contribution in [2.75, 3.05) is 6.61 Å². The molecule has 0 aliphatic heterocycles. The maximum absolute atomic E-state index is 12.0. The van der Waals surface area contributed by atoms with Gasteiger partial charge in [0, 0.05) is 6.16 Å². The van der Waals surface area contributed by atoms with Crippen LogP contribution in [-0.2, 0) is 10.9 Å². The van der Waals surface area contributed by atoms with Crippen LogP contribution in [0.1, 0.15) is 15.9 Å². The first-order valence-electron chi connectivity index (χ1n) is 8.21. The summed E-state index contributed by atoms with van der Waals surface area (Å²) in [6.45, 7) is 3.75. The highest BCUT2D eigenvalue weighted by Crippen LogP contribution is 2.34. The Bertz CT molecular complexity index is 912. The number of rotatable bonds is 7. The largest absolute Gasteiger partial charge is 0.458 e. The smallest absolute Gasteiger partial charge is 0.338 e. The second-order valence-corrected chi connectivity index (χ2v) is 7.10. The van der Waals surface area contributed by atoms with Gasteiger partial charge in [0.05, 0.1) is 5.56 Å². The minimum atomic E-state index is -1.12. The van der Waals surface area contributed by atoms with E-state index in [-0.39, 0.29) is 12.6 Å². The number of carbonyl (C=O) groups is 1. The van der Waals surface area contributed by atoms with Crippen LogP contribution in [0.5, 0.6) is 5.75 Å². The number of esters is 1. The molecule has 3 rings (SSSR count). The lowest BCUT2D eigenvalue weighted by Gasteiger charge is -2.14. The second kappa shape index (κ2) is 8.61. The molecule has 3 aromatic carbocycles. The fourth-order valence-electron chi connectivity index (χ4n) is 2.57. The molecule has 2 N–H and O–H groups in total. The zero-order valence-corrected chi connectivity index (χ0v) is 15.2. The number of carbonyl (C=O) groups excluding carboxylic acids is 1. The molecule has 0 bridgehead atoms. The van der Waals surface area contributed by atoms with Gasteiger partial charge in [0.25, 0.3) is 0 Å². The lowest BCUT2D eigenvalue weighted by atomic mass is 10.0. The number of ether oxygens (including phenoxy) is 1. The van der Waals surface area contributed by atoms with Crippen molar-refractivity contribution in [3.8, 4) is 5.75 Å². The molecular formula is C21H20NO3P. The van der Waals surface area contributed by atoms with Gasteiger partial charge >= 0.3 is 5.97 Å². The minimum absolute atomic E-state index is 0.200. The molecule has 0 saturated heterocycles. The Labute approximate surface area is 154 Å². The molecule has 0 radical (unpaired) electrons. The molecule has 0 aromatic heterocycles. The van der Waals surface area contributed by atoms with Gasteiger partial charge < -0.3 is 9.26 Å². The standard InChI is InChI=1S/C21H20NO3P/c1-2-12-24-21(23)18-11-10-17-9-8-16(13-19(17)14-18)15-26(22)25-20-6-4-3-5-7-20/h2-11,13-14H,1,12,15,22H2. The van der Waals surface area contributed by atoms with Gasteiger partial charge in [-0.15, -0.1) is 0 Å². The van der Waals surface area contributed by atoms with Gasteiger partial charge in [-0.25, -0.2) is 4.79 Å². The van der Waals surface area contributed by atoms with Crippen molar-refractivity contribution >= 4 is 25.0 Å². The van der Waals surface area contributed by atoms with Gasteiger partial charge in [-0.05, 0) is 40.6 Å². The first-order chi connectivity index (χ1) is 12.7. The molecule has 0 amide bonds. The molecule has 0 aliphatic carbocycles.